The molecular weight excluding hydrogens is 128 g/mol. The third-order valence-corrected chi connectivity index (χ3v) is 2.23. The van der Waals surface area contributed by atoms with Crippen LogP contribution in [-0.2, 0) is 0 Å². The highest BCUT2D eigenvalue weighted by molar-refractivity contribution is 4.76. The van der Waals surface area contributed by atoms with Crippen molar-refractivity contribution in [3.05, 3.63) is 0 Å². The van der Waals surface area contributed by atoms with E-state index in [1.165, 1.54) is 0 Å². The topological polar surface area (TPSA) is 72.3 Å². The second-order valence-corrected chi connectivity index (χ2v) is 3.16. The van der Waals surface area contributed by atoms with Crippen LogP contribution >= 0.6 is 0 Å². The normalized spacial score (nSPS) is 34.8. The van der Waals surface area contributed by atoms with Crippen LogP contribution in [-0.4, -0.2) is 17.4 Å². The van der Waals surface area contributed by atoms with E-state index >= 15 is 0 Å². The van der Waals surface area contributed by atoms with Gasteiger partial charge in [0.15, 0.2) is 0 Å². The highest BCUT2D eigenvalue weighted by Gasteiger charge is 2.22. The molecule has 2 atom stereocenters. The van der Waals surface area contributed by atoms with Gasteiger partial charge in [-0.05, 0) is 25.2 Å². The fourth-order valence-corrected chi connectivity index (χ4v) is 1.55. The second-order valence-electron chi connectivity index (χ2n) is 3.16. The molecule has 0 saturated heterocycles. The van der Waals surface area contributed by atoms with E-state index in [1.807, 2.05) is 0 Å². The van der Waals surface area contributed by atoms with Crippen molar-refractivity contribution in [1.82, 2.24) is 0 Å². The van der Waals surface area contributed by atoms with Crippen molar-refractivity contribution in [2.75, 3.05) is 0 Å². The van der Waals surface area contributed by atoms with Gasteiger partial charge in [0.25, 0.3) is 0 Å². The third-order valence-electron chi connectivity index (χ3n) is 2.23. The maximum Gasteiger partial charge on any atom is 0.0550 e. The first-order chi connectivity index (χ1) is 4.70. The van der Waals surface area contributed by atoms with Gasteiger partial charge in [-0.2, -0.15) is 0 Å². The highest BCUT2D eigenvalue weighted by atomic mass is 16.3. The molecule has 0 spiro atoms. The quantitative estimate of drug-likeness (QED) is 0.445. The molecule has 10 heavy (non-hydrogen) atoms. The minimum Gasteiger partial charge on any atom is -0.393 e. The van der Waals surface area contributed by atoms with Crippen molar-refractivity contribution in [1.29, 1.82) is 0 Å². The summed E-state index contributed by atoms with van der Waals surface area (Å²) in [5.41, 5.74) is 11.0. The van der Waals surface area contributed by atoms with E-state index in [0.29, 0.717) is 5.92 Å². The Labute approximate surface area is 61.4 Å². The predicted octanol–water partition coefficient (Wildman–Crippen LogP) is -0.219. The zero-order chi connectivity index (χ0) is 7.56. The van der Waals surface area contributed by atoms with Crippen LogP contribution in [0.3, 0.4) is 0 Å². The van der Waals surface area contributed by atoms with Crippen molar-refractivity contribution < 1.29 is 5.11 Å². The van der Waals surface area contributed by atoms with Crippen LogP contribution in [0.2, 0.25) is 0 Å². The van der Waals surface area contributed by atoms with E-state index in [4.69, 9.17) is 11.5 Å². The minimum atomic E-state index is -0.241. The van der Waals surface area contributed by atoms with Gasteiger partial charge >= 0.3 is 0 Å². The molecule has 0 bridgehead atoms. The Hall–Kier alpha value is -0.120. The SMILES string of the molecule is NC(N)C1CCCC(O)C1. The van der Waals surface area contributed by atoms with Gasteiger partial charge in [0, 0.05) is 0 Å². The lowest BCUT2D eigenvalue weighted by molar-refractivity contribution is 0.0930. The summed E-state index contributed by atoms with van der Waals surface area (Å²) in [4.78, 5) is 0. The van der Waals surface area contributed by atoms with Gasteiger partial charge in [0.05, 0.1) is 12.3 Å². The zero-order valence-electron chi connectivity index (χ0n) is 6.16. The monoisotopic (exact) mass is 144 g/mol. The van der Waals surface area contributed by atoms with E-state index in [-0.39, 0.29) is 12.3 Å². The average molecular weight is 144 g/mol. The number of hydrogen-bond donors (Lipinski definition) is 3. The molecule has 0 aromatic rings. The molecule has 0 heterocycles. The van der Waals surface area contributed by atoms with Crippen molar-refractivity contribution in [3.63, 3.8) is 0 Å². The lowest BCUT2D eigenvalue weighted by atomic mass is 9.86. The Kier molecular flexibility index (Phi) is 2.65. The van der Waals surface area contributed by atoms with Gasteiger partial charge in [-0.3, -0.25) is 0 Å². The first-order valence-corrected chi connectivity index (χ1v) is 3.89. The molecule has 1 saturated carbocycles. The van der Waals surface area contributed by atoms with E-state index in [1.54, 1.807) is 0 Å². The summed E-state index contributed by atoms with van der Waals surface area (Å²) < 4.78 is 0. The summed E-state index contributed by atoms with van der Waals surface area (Å²) in [6, 6.07) is 0. The fraction of sp³-hybridized carbons (Fsp3) is 1.00. The Bertz CT molecular complexity index is 106. The van der Waals surface area contributed by atoms with Crippen LogP contribution in [0.25, 0.3) is 0 Å². The molecule has 3 nitrogen and oxygen atoms in total. The van der Waals surface area contributed by atoms with E-state index in [2.05, 4.69) is 0 Å². The maximum absolute atomic E-state index is 9.22. The Balaban J connectivity index is 2.32. The zero-order valence-corrected chi connectivity index (χ0v) is 6.16. The first kappa shape index (κ1) is 7.98. The molecule has 0 amide bonds. The van der Waals surface area contributed by atoms with Crippen LogP contribution in [0.15, 0.2) is 0 Å². The first-order valence-electron chi connectivity index (χ1n) is 3.89. The van der Waals surface area contributed by atoms with Crippen LogP contribution < -0.4 is 11.5 Å². The fourth-order valence-electron chi connectivity index (χ4n) is 1.55. The molecule has 3 heteroatoms. The van der Waals surface area contributed by atoms with E-state index in [9.17, 15) is 5.11 Å². The van der Waals surface area contributed by atoms with Gasteiger partial charge in [0.1, 0.15) is 0 Å². The van der Waals surface area contributed by atoms with Crippen molar-refractivity contribution >= 4 is 0 Å². The lowest BCUT2D eigenvalue weighted by Crippen LogP contribution is -2.41. The minimum absolute atomic E-state index is 0.159. The average Bonchev–Trinajstić information content (AvgIpc) is 1.88. The molecule has 0 aliphatic heterocycles. The molecule has 0 aromatic heterocycles. The van der Waals surface area contributed by atoms with Gasteiger partial charge in [-0.1, -0.05) is 6.42 Å². The Morgan fingerprint density at radius 2 is 2.00 bits per heavy atom. The Morgan fingerprint density at radius 3 is 2.40 bits per heavy atom. The summed E-state index contributed by atoms with van der Waals surface area (Å²) in [6.45, 7) is 0. The summed E-state index contributed by atoms with van der Waals surface area (Å²) in [5, 5.41) is 9.22. The number of aliphatic hydroxyl groups excluding tert-OH is 1. The second kappa shape index (κ2) is 3.32. The van der Waals surface area contributed by atoms with E-state index < -0.39 is 0 Å². The number of rotatable bonds is 1. The lowest BCUT2D eigenvalue weighted by Gasteiger charge is -2.28. The van der Waals surface area contributed by atoms with Crippen LogP contribution in [0.4, 0.5) is 0 Å². The van der Waals surface area contributed by atoms with E-state index in [0.717, 1.165) is 25.7 Å². The molecule has 1 fully saturated rings. The molecule has 1 aliphatic rings. The molecule has 1 aliphatic carbocycles. The maximum atomic E-state index is 9.22. The Morgan fingerprint density at radius 1 is 1.30 bits per heavy atom. The predicted molar refractivity (Wildman–Crippen MR) is 40.1 cm³/mol. The molecule has 0 radical (unpaired) electrons. The van der Waals surface area contributed by atoms with Crippen LogP contribution in [0.5, 0.6) is 0 Å². The number of hydrogen-bond acceptors (Lipinski definition) is 3. The van der Waals surface area contributed by atoms with Gasteiger partial charge in [-0.25, -0.2) is 0 Å². The molecule has 1 rings (SSSR count). The molecule has 60 valence electrons. The van der Waals surface area contributed by atoms with Crippen molar-refractivity contribution in [2.45, 2.75) is 38.0 Å². The molecule has 2 unspecified atom stereocenters. The van der Waals surface area contributed by atoms with Gasteiger partial charge < -0.3 is 16.6 Å². The molecule has 5 N–H and O–H groups in total. The summed E-state index contributed by atoms with van der Waals surface area (Å²) in [6.07, 6.45) is 3.45. The van der Waals surface area contributed by atoms with Gasteiger partial charge in [0.2, 0.25) is 0 Å². The van der Waals surface area contributed by atoms with Crippen LogP contribution in [0, 0.1) is 5.92 Å². The number of aliphatic hydroxyl groups is 1. The smallest absolute Gasteiger partial charge is 0.0550 e. The summed E-state index contributed by atoms with van der Waals surface area (Å²) in [7, 11) is 0. The van der Waals surface area contributed by atoms with Crippen LogP contribution in [0.1, 0.15) is 25.7 Å². The van der Waals surface area contributed by atoms with Crippen molar-refractivity contribution in [3.8, 4) is 0 Å². The largest absolute Gasteiger partial charge is 0.393 e. The third kappa shape index (κ3) is 1.94. The number of nitrogens with two attached hydrogens (primary N) is 2. The standard InChI is InChI=1S/C7H16N2O/c8-7(9)5-2-1-3-6(10)4-5/h5-7,10H,1-4,8-9H2. The van der Waals surface area contributed by atoms with Crippen molar-refractivity contribution in [2.24, 2.45) is 17.4 Å². The molecular formula is C7H16N2O. The highest BCUT2D eigenvalue weighted by Crippen LogP contribution is 2.24. The molecule has 0 aromatic carbocycles. The summed E-state index contributed by atoms with van der Waals surface area (Å²) in [5.74, 6) is 0.337. The summed E-state index contributed by atoms with van der Waals surface area (Å²) >= 11 is 0. The van der Waals surface area contributed by atoms with Gasteiger partial charge in [-0.15, -0.1) is 0 Å².